The Balaban J connectivity index is 1.27. The standard InChI is InChI=1S/C28H32N2O/c31-27-12-11-22-13-17-29(18-14-25(22)21-27)26-15-19-30(20-16-26)28(23-7-3-1-4-8-23)24-9-5-2-6-10-24/h1-12,21,26,28,31H,13-20H2. The Kier molecular flexibility index (Phi) is 6.06. The molecule has 0 radical (unpaired) electrons. The molecule has 5 rings (SSSR count). The quantitative estimate of drug-likeness (QED) is 0.650. The van der Waals surface area contributed by atoms with Gasteiger partial charge in [0.15, 0.2) is 0 Å². The average Bonchev–Trinajstić information content (AvgIpc) is 3.03. The second-order valence-electron chi connectivity index (χ2n) is 8.98. The van der Waals surface area contributed by atoms with Crippen molar-refractivity contribution >= 4 is 0 Å². The number of phenols is 1. The highest BCUT2D eigenvalue weighted by Crippen LogP contribution is 2.32. The van der Waals surface area contributed by atoms with Crippen molar-refractivity contribution in [2.45, 2.75) is 37.8 Å². The Morgan fingerprint density at radius 1 is 0.677 bits per heavy atom. The molecule has 0 bridgehead atoms. The highest BCUT2D eigenvalue weighted by atomic mass is 16.3. The molecule has 160 valence electrons. The molecule has 0 spiro atoms. The fourth-order valence-electron chi connectivity index (χ4n) is 5.49. The van der Waals surface area contributed by atoms with Gasteiger partial charge in [-0.2, -0.15) is 0 Å². The Hall–Kier alpha value is -2.62. The molecule has 0 amide bonds. The lowest BCUT2D eigenvalue weighted by atomic mass is 9.93. The maximum absolute atomic E-state index is 9.84. The molecular formula is C28H32N2O. The lowest BCUT2D eigenvalue weighted by molar-refractivity contribution is 0.0953. The first-order valence-corrected chi connectivity index (χ1v) is 11.7. The zero-order chi connectivity index (χ0) is 21.0. The fourth-order valence-corrected chi connectivity index (χ4v) is 5.49. The van der Waals surface area contributed by atoms with E-state index in [0.717, 1.165) is 39.0 Å². The SMILES string of the molecule is Oc1ccc2c(c1)CCN(C1CCN(C(c3ccccc3)c3ccccc3)CC1)CC2. The van der Waals surface area contributed by atoms with Gasteiger partial charge in [-0.1, -0.05) is 66.7 Å². The van der Waals surface area contributed by atoms with Crippen LogP contribution in [0.3, 0.4) is 0 Å². The van der Waals surface area contributed by atoms with E-state index in [2.05, 4.69) is 76.5 Å². The number of aromatic hydroxyl groups is 1. The molecule has 1 saturated heterocycles. The van der Waals surface area contributed by atoms with Crippen LogP contribution in [0, 0.1) is 0 Å². The monoisotopic (exact) mass is 412 g/mol. The summed E-state index contributed by atoms with van der Waals surface area (Å²) >= 11 is 0. The number of piperidine rings is 1. The molecule has 2 aliphatic rings. The zero-order valence-corrected chi connectivity index (χ0v) is 18.2. The van der Waals surface area contributed by atoms with Gasteiger partial charge >= 0.3 is 0 Å². The number of fused-ring (bicyclic) bond motifs is 1. The molecular weight excluding hydrogens is 380 g/mol. The second-order valence-corrected chi connectivity index (χ2v) is 8.98. The van der Waals surface area contributed by atoms with Crippen LogP contribution < -0.4 is 0 Å². The molecule has 3 aromatic carbocycles. The molecule has 2 heterocycles. The minimum atomic E-state index is 0.333. The third kappa shape index (κ3) is 4.53. The van der Waals surface area contributed by atoms with E-state index in [0.29, 0.717) is 17.8 Å². The topological polar surface area (TPSA) is 26.7 Å². The molecule has 1 fully saturated rings. The molecule has 2 aliphatic heterocycles. The van der Waals surface area contributed by atoms with Gasteiger partial charge in [-0.05, 0) is 60.1 Å². The Bertz CT molecular complexity index is 941. The van der Waals surface area contributed by atoms with Crippen LogP contribution in [0.2, 0.25) is 0 Å². The van der Waals surface area contributed by atoms with Gasteiger partial charge in [-0.3, -0.25) is 9.80 Å². The first kappa shape index (κ1) is 20.3. The highest BCUT2D eigenvalue weighted by molar-refractivity contribution is 5.36. The van der Waals surface area contributed by atoms with Gasteiger partial charge in [0.25, 0.3) is 0 Å². The summed E-state index contributed by atoms with van der Waals surface area (Å²) in [7, 11) is 0. The Morgan fingerprint density at radius 2 is 1.26 bits per heavy atom. The summed E-state index contributed by atoms with van der Waals surface area (Å²) < 4.78 is 0. The number of rotatable bonds is 4. The van der Waals surface area contributed by atoms with Gasteiger partial charge in [0.05, 0.1) is 6.04 Å². The van der Waals surface area contributed by atoms with Crippen molar-refractivity contribution in [3.8, 4) is 5.75 Å². The molecule has 0 saturated carbocycles. The van der Waals surface area contributed by atoms with Crippen molar-refractivity contribution < 1.29 is 5.11 Å². The third-order valence-corrected chi connectivity index (χ3v) is 7.14. The molecule has 0 atom stereocenters. The summed E-state index contributed by atoms with van der Waals surface area (Å²) in [6.45, 7) is 4.48. The van der Waals surface area contributed by atoms with E-state index in [4.69, 9.17) is 0 Å². The normalized spacial score (nSPS) is 18.6. The molecule has 3 nitrogen and oxygen atoms in total. The molecule has 1 N–H and O–H groups in total. The lowest BCUT2D eigenvalue weighted by Gasteiger charge is -2.41. The van der Waals surface area contributed by atoms with Gasteiger partial charge in [0, 0.05) is 32.2 Å². The van der Waals surface area contributed by atoms with Crippen LogP contribution in [0.1, 0.15) is 41.1 Å². The number of likely N-dealkylation sites (tertiary alicyclic amines) is 1. The van der Waals surface area contributed by atoms with Crippen molar-refractivity contribution in [1.29, 1.82) is 0 Å². The molecule has 0 aromatic heterocycles. The molecule has 0 aliphatic carbocycles. The van der Waals surface area contributed by atoms with Gasteiger partial charge in [0.1, 0.15) is 5.75 Å². The van der Waals surface area contributed by atoms with Crippen molar-refractivity contribution in [1.82, 2.24) is 9.80 Å². The van der Waals surface area contributed by atoms with Crippen molar-refractivity contribution in [2.75, 3.05) is 26.2 Å². The van der Waals surface area contributed by atoms with E-state index in [9.17, 15) is 5.11 Å². The Labute approximate surface area is 185 Å². The van der Waals surface area contributed by atoms with Crippen molar-refractivity contribution in [2.24, 2.45) is 0 Å². The van der Waals surface area contributed by atoms with E-state index in [-0.39, 0.29) is 0 Å². The second kappa shape index (κ2) is 9.25. The molecule has 31 heavy (non-hydrogen) atoms. The van der Waals surface area contributed by atoms with Crippen LogP contribution in [-0.2, 0) is 12.8 Å². The maximum Gasteiger partial charge on any atom is 0.115 e. The van der Waals surface area contributed by atoms with Crippen LogP contribution >= 0.6 is 0 Å². The highest BCUT2D eigenvalue weighted by Gasteiger charge is 2.30. The number of nitrogens with zero attached hydrogens (tertiary/aromatic N) is 2. The predicted molar refractivity (Wildman–Crippen MR) is 126 cm³/mol. The summed E-state index contributed by atoms with van der Waals surface area (Å²) in [4.78, 5) is 5.38. The van der Waals surface area contributed by atoms with Crippen molar-refractivity contribution in [3.63, 3.8) is 0 Å². The Morgan fingerprint density at radius 3 is 1.87 bits per heavy atom. The molecule has 0 unspecified atom stereocenters. The van der Waals surface area contributed by atoms with Crippen LogP contribution in [0.25, 0.3) is 0 Å². The van der Waals surface area contributed by atoms with E-state index in [1.54, 1.807) is 0 Å². The minimum absolute atomic E-state index is 0.333. The maximum atomic E-state index is 9.84. The largest absolute Gasteiger partial charge is 0.508 e. The fraction of sp³-hybridized carbons (Fsp3) is 0.357. The summed E-state index contributed by atoms with van der Waals surface area (Å²) in [5.74, 6) is 0.397. The van der Waals surface area contributed by atoms with E-state index in [1.165, 1.54) is 35.1 Å². The van der Waals surface area contributed by atoms with Gasteiger partial charge in [-0.25, -0.2) is 0 Å². The van der Waals surface area contributed by atoms with Gasteiger partial charge in [-0.15, -0.1) is 0 Å². The molecule has 3 aromatic rings. The summed E-state index contributed by atoms with van der Waals surface area (Å²) in [6, 6.07) is 28.8. The van der Waals surface area contributed by atoms with E-state index in [1.807, 2.05) is 12.1 Å². The van der Waals surface area contributed by atoms with Crippen LogP contribution in [-0.4, -0.2) is 47.1 Å². The smallest absolute Gasteiger partial charge is 0.115 e. The third-order valence-electron chi connectivity index (χ3n) is 7.14. The number of hydrogen-bond acceptors (Lipinski definition) is 3. The zero-order valence-electron chi connectivity index (χ0n) is 18.2. The predicted octanol–water partition coefficient (Wildman–Crippen LogP) is 5.05. The van der Waals surface area contributed by atoms with Gasteiger partial charge < -0.3 is 5.11 Å². The van der Waals surface area contributed by atoms with E-state index < -0.39 is 0 Å². The average molecular weight is 413 g/mol. The number of hydrogen-bond donors (Lipinski definition) is 1. The summed E-state index contributed by atoms with van der Waals surface area (Å²) in [5, 5.41) is 9.84. The number of phenolic OH excluding ortho intramolecular Hbond substituents is 1. The van der Waals surface area contributed by atoms with Crippen molar-refractivity contribution in [3.05, 3.63) is 101 Å². The lowest BCUT2D eigenvalue weighted by Crippen LogP contribution is -2.46. The molecule has 3 heteroatoms. The van der Waals surface area contributed by atoms with Crippen LogP contribution in [0.5, 0.6) is 5.75 Å². The summed E-state index contributed by atoms with van der Waals surface area (Å²) in [6.07, 6.45) is 4.57. The summed E-state index contributed by atoms with van der Waals surface area (Å²) in [5.41, 5.74) is 5.51. The first-order valence-electron chi connectivity index (χ1n) is 11.7. The van der Waals surface area contributed by atoms with Gasteiger partial charge in [0.2, 0.25) is 0 Å². The minimum Gasteiger partial charge on any atom is -0.508 e. The number of benzene rings is 3. The van der Waals surface area contributed by atoms with Crippen LogP contribution in [0.15, 0.2) is 78.9 Å². The van der Waals surface area contributed by atoms with E-state index >= 15 is 0 Å². The van der Waals surface area contributed by atoms with Crippen LogP contribution in [0.4, 0.5) is 0 Å². The first-order chi connectivity index (χ1) is 15.3.